The van der Waals surface area contributed by atoms with Crippen LogP contribution in [0.3, 0.4) is 0 Å². The quantitative estimate of drug-likeness (QED) is 0.585. The third-order valence-corrected chi connectivity index (χ3v) is 3.80. The van der Waals surface area contributed by atoms with Crippen molar-refractivity contribution in [1.82, 2.24) is 10.2 Å². The van der Waals surface area contributed by atoms with Gasteiger partial charge in [-0.05, 0) is 13.0 Å². The van der Waals surface area contributed by atoms with Gasteiger partial charge in [0, 0.05) is 37.8 Å². The van der Waals surface area contributed by atoms with Gasteiger partial charge >= 0.3 is 6.18 Å². The van der Waals surface area contributed by atoms with Crippen molar-refractivity contribution in [3.63, 3.8) is 0 Å². The maximum Gasteiger partial charge on any atom is 0.422 e. The van der Waals surface area contributed by atoms with Gasteiger partial charge in [-0.2, -0.15) is 13.2 Å². The first kappa shape index (κ1) is 22.3. The minimum atomic E-state index is -4.55. The molecule has 0 amide bonds. The van der Waals surface area contributed by atoms with E-state index in [1.807, 2.05) is 11.8 Å². The normalized spacial score (nSPS) is 18.1. The van der Waals surface area contributed by atoms with Crippen molar-refractivity contribution in [2.75, 3.05) is 33.4 Å². The van der Waals surface area contributed by atoms with Crippen LogP contribution >= 0.6 is 12.4 Å². The van der Waals surface area contributed by atoms with Crippen molar-refractivity contribution in [2.24, 2.45) is 0 Å². The number of hydrogen-bond acceptors (Lipinski definition) is 6. The molecule has 7 nitrogen and oxygen atoms in total. The topological polar surface area (TPSA) is 76.9 Å². The number of hydrogen-bond donors (Lipinski definition) is 1. The lowest BCUT2D eigenvalue weighted by atomic mass is 10.1. The van der Waals surface area contributed by atoms with Gasteiger partial charge in [0.15, 0.2) is 18.1 Å². The summed E-state index contributed by atoms with van der Waals surface area (Å²) in [7, 11) is 1.28. The van der Waals surface area contributed by atoms with E-state index in [1.165, 1.54) is 13.2 Å². The lowest BCUT2D eigenvalue weighted by molar-refractivity contribution is -0.385. The molecule has 0 unspecified atom stereocenters. The van der Waals surface area contributed by atoms with E-state index in [0.29, 0.717) is 18.7 Å². The molecule has 1 heterocycles. The molecule has 1 aromatic carbocycles. The molecular weight excluding hydrogens is 379 g/mol. The Morgan fingerprint density at radius 2 is 2.08 bits per heavy atom. The Kier molecular flexibility index (Phi) is 7.91. The standard InChI is InChI=1S/C15H20F3N3O4.ClH/c1-10-7-20(4-3-19-10)8-11-5-13(24-2)14(6-12(11)21(22)23)25-9-15(16,17)18;/h5-6,10,19H,3-4,7-9H2,1-2H3;1H/t10-;/m1./s1. The fourth-order valence-corrected chi connectivity index (χ4v) is 2.72. The average Bonchev–Trinajstić information content (AvgIpc) is 2.52. The van der Waals surface area contributed by atoms with Crippen molar-refractivity contribution in [3.05, 3.63) is 27.8 Å². The van der Waals surface area contributed by atoms with Gasteiger partial charge in [-0.3, -0.25) is 15.0 Å². The second-order valence-electron chi connectivity index (χ2n) is 5.88. The van der Waals surface area contributed by atoms with Crippen LogP contribution < -0.4 is 14.8 Å². The monoisotopic (exact) mass is 399 g/mol. The van der Waals surface area contributed by atoms with Gasteiger partial charge in [-0.15, -0.1) is 12.4 Å². The average molecular weight is 400 g/mol. The fraction of sp³-hybridized carbons (Fsp3) is 0.600. The van der Waals surface area contributed by atoms with Crippen LogP contribution in [0.15, 0.2) is 12.1 Å². The summed E-state index contributed by atoms with van der Waals surface area (Å²) >= 11 is 0. The maximum atomic E-state index is 12.3. The number of alkyl halides is 3. The van der Waals surface area contributed by atoms with Crippen LogP contribution in [-0.2, 0) is 6.54 Å². The Morgan fingerprint density at radius 1 is 1.38 bits per heavy atom. The highest BCUT2D eigenvalue weighted by molar-refractivity contribution is 5.85. The van der Waals surface area contributed by atoms with Crippen LogP contribution in [0.1, 0.15) is 12.5 Å². The fourth-order valence-electron chi connectivity index (χ4n) is 2.72. The molecule has 1 saturated heterocycles. The van der Waals surface area contributed by atoms with Crippen molar-refractivity contribution in [1.29, 1.82) is 0 Å². The van der Waals surface area contributed by atoms with Crippen LogP contribution in [0, 0.1) is 10.1 Å². The first-order valence-corrected chi connectivity index (χ1v) is 7.70. The van der Waals surface area contributed by atoms with E-state index in [1.54, 1.807) is 0 Å². The molecule has 0 aliphatic carbocycles. The number of nitrogens with zero attached hydrogens (tertiary/aromatic N) is 2. The predicted molar refractivity (Wildman–Crippen MR) is 91.2 cm³/mol. The molecule has 2 rings (SSSR count). The van der Waals surface area contributed by atoms with Gasteiger partial charge < -0.3 is 14.8 Å². The molecule has 1 aromatic rings. The summed E-state index contributed by atoms with van der Waals surface area (Å²) in [4.78, 5) is 12.8. The molecular formula is C15H21ClF3N3O4. The number of halogens is 4. The molecule has 1 aliphatic rings. The molecule has 0 aromatic heterocycles. The highest BCUT2D eigenvalue weighted by Crippen LogP contribution is 2.36. The zero-order valence-electron chi connectivity index (χ0n) is 14.3. The van der Waals surface area contributed by atoms with Crippen LogP contribution in [0.5, 0.6) is 11.5 Å². The van der Waals surface area contributed by atoms with Gasteiger partial charge in [0.05, 0.1) is 18.1 Å². The number of piperazine rings is 1. The molecule has 0 bridgehead atoms. The van der Waals surface area contributed by atoms with E-state index in [0.717, 1.165) is 19.2 Å². The summed E-state index contributed by atoms with van der Waals surface area (Å²) in [5, 5.41) is 14.6. The first-order chi connectivity index (χ1) is 11.7. The summed E-state index contributed by atoms with van der Waals surface area (Å²) in [5.41, 5.74) is 0.0828. The van der Waals surface area contributed by atoms with E-state index in [-0.39, 0.29) is 35.6 Å². The largest absolute Gasteiger partial charge is 0.493 e. The van der Waals surface area contributed by atoms with Gasteiger partial charge in [0.25, 0.3) is 5.69 Å². The first-order valence-electron chi connectivity index (χ1n) is 7.70. The van der Waals surface area contributed by atoms with Crippen LogP contribution in [-0.4, -0.2) is 55.4 Å². The number of ether oxygens (including phenoxy) is 2. The molecule has 26 heavy (non-hydrogen) atoms. The Balaban J connectivity index is 0.00000338. The molecule has 1 aliphatic heterocycles. The third kappa shape index (κ3) is 6.19. The summed E-state index contributed by atoms with van der Waals surface area (Å²) in [6.45, 7) is 2.96. The Labute approximate surface area is 155 Å². The van der Waals surface area contributed by atoms with Crippen molar-refractivity contribution >= 4 is 18.1 Å². The number of methoxy groups -OCH3 is 1. The molecule has 11 heteroatoms. The number of benzene rings is 1. The summed E-state index contributed by atoms with van der Waals surface area (Å²) in [6.07, 6.45) is -4.55. The van der Waals surface area contributed by atoms with E-state index >= 15 is 0 Å². The molecule has 148 valence electrons. The highest BCUT2D eigenvalue weighted by Gasteiger charge is 2.30. The third-order valence-electron chi connectivity index (χ3n) is 3.80. The number of nitrogens with one attached hydrogen (secondary N) is 1. The zero-order chi connectivity index (χ0) is 18.6. The summed E-state index contributed by atoms with van der Waals surface area (Å²) < 4.78 is 46.8. The lowest BCUT2D eigenvalue weighted by Gasteiger charge is -2.31. The van der Waals surface area contributed by atoms with E-state index < -0.39 is 17.7 Å². The van der Waals surface area contributed by atoms with Gasteiger partial charge in [-0.1, -0.05) is 0 Å². The van der Waals surface area contributed by atoms with E-state index in [4.69, 9.17) is 4.74 Å². The number of nitro benzene ring substituents is 1. The van der Waals surface area contributed by atoms with Crippen molar-refractivity contribution in [2.45, 2.75) is 25.7 Å². The van der Waals surface area contributed by atoms with Crippen LogP contribution in [0.25, 0.3) is 0 Å². The smallest absolute Gasteiger partial charge is 0.422 e. The Morgan fingerprint density at radius 3 is 2.62 bits per heavy atom. The lowest BCUT2D eigenvalue weighted by Crippen LogP contribution is -2.48. The molecule has 1 N–H and O–H groups in total. The zero-order valence-corrected chi connectivity index (χ0v) is 15.2. The van der Waals surface area contributed by atoms with Crippen LogP contribution in [0.2, 0.25) is 0 Å². The number of nitro groups is 1. The number of rotatable bonds is 6. The van der Waals surface area contributed by atoms with Crippen molar-refractivity contribution < 1.29 is 27.6 Å². The van der Waals surface area contributed by atoms with Gasteiger partial charge in [0.2, 0.25) is 0 Å². The van der Waals surface area contributed by atoms with E-state index in [9.17, 15) is 23.3 Å². The molecule has 0 saturated carbocycles. The minimum absolute atomic E-state index is 0. The van der Waals surface area contributed by atoms with E-state index in [2.05, 4.69) is 10.1 Å². The molecule has 0 radical (unpaired) electrons. The molecule has 1 atom stereocenters. The highest BCUT2D eigenvalue weighted by atomic mass is 35.5. The van der Waals surface area contributed by atoms with Crippen LogP contribution in [0.4, 0.5) is 18.9 Å². The SMILES string of the molecule is COc1cc(CN2CCN[C@H](C)C2)c([N+](=O)[O-])cc1OCC(F)(F)F.Cl. The Hall–Kier alpha value is -1.78. The second kappa shape index (κ2) is 9.24. The van der Waals surface area contributed by atoms with Crippen molar-refractivity contribution in [3.8, 4) is 11.5 Å². The second-order valence-corrected chi connectivity index (χ2v) is 5.88. The Bertz CT molecular complexity index is 631. The maximum absolute atomic E-state index is 12.3. The van der Waals surface area contributed by atoms with Gasteiger partial charge in [0.1, 0.15) is 0 Å². The molecule has 0 spiro atoms. The minimum Gasteiger partial charge on any atom is -0.493 e. The molecule has 1 fully saturated rings. The predicted octanol–water partition coefficient (Wildman–Crippen LogP) is 2.76. The summed E-state index contributed by atoms with van der Waals surface area (Å²) in [6, 6.07) is 2.62. The van der Waals surface area contributed by atoms with Gasteiger partial charge in [-0.25, -0.2) is 0 Å². The summed E-state index contributed by atoms with van der Waals surface area (Å²) in [5.74, 6) is -0.267.